The van der Waals surface area contributed by atoms with Crippen molar-refractivity contribution in [1.29, 1.82) is 0 Å². The van der Waals surface area contributed by atoms with Gasteiger partial charge in [-0.2, -0.15) is 13.2 Å². The minimum atomic E-state index is -5.08. The van der Waals surface area contributed by atoms with Crippen molar-refractivity contribution < 1.29 is 41.4 Å². The Labute approximate surface area is 237 Å². The lowest BCUT2D eigenvalue weighted by Gasteiger charge is -2.27. The van der Waals surface area contributed by atoms with E-state index in [1.54, 1.807) is 25.1 Å². The lowest BCUT2D eigenvalue weighted by atomic mass is 10.1. The van der Waals surface area contributed by atoms with Gasteiger partial charge in [0.25, 0.3) is 10.0 Å². The molecule has 0 fully saturated rings. The maximum absolute atomic E-state index is 13.1. The number of unbranched alkanes of at least 4 members (excludes halogenated alkanes) is 1. The summed E-state index contributed by atoms with van der Waals surface area (Å²) in [5, 5.41) is 17.1. The monoisotopic (exact) mass is 594 g/mol. The van der Waals surface area contributed by atoms with Gasteiger partial charge in [0.2, 0.25) is 0 Å². The molecule has 0 saturated carbocycles. The number of rotatable bonds is 10. The summed E-state index contributed by atoms with van der Waals surface area (Å²) >= 11 is 0. The Kier molecular flexibility index (Phi) is 11.3. The van der Waals surface area contributed by atoms with Gasteiger partial charge >= 0.3 is 18.1 Å². The first-order valence-electron chi connectivity index (χ1n) is 12.6. The third-order valence-corrected chi connectivity index (χ3v) is 7.66. The topological polar surface area (TPSA) is 124 Å². The first kappa shape index (κ1) is 33.1. The molecule has 0 aromatic heterocycles. The Balaban J connectivity index is 0.000000745. The van der Waals surface area contributed by atoms with Gasteiger partial charge in [0, 0.05) is 18.8 Å². The number of carboxylic acid groups (broad SMARTS) is 2. The van der Waals surface area contributed by atoms with Crippen LogP contribution in [0.3, 0.4) is 0 Å². The quantitative estimate of drug-likeness (QED) is 0.243. The number of nitrogens with one attached hydrogen (secondary N) is 1. The van der Waals surface area contributed by atoms with E-state index in [1.165, 1.54) is 6.07 Å². The first-order chi connectivity index (χ1) is 19.1. The van der Waals surface area contributed by atoms with E-state index in [1.807, 2.05) is 55.1 Å². The Morgan fingerprint density at radius 1 is 0.902 bits per heavy atom. The van der Waals surface area contributed by atoms with Crippen molar-refractivity contribution in [2.24, 2.45) is 0 Å². The summed E-state index contributed by atoms with van der Waals surface area (Å²) in [6, 6.07) is 18.1. The summed E-state index contributed by atoms with van der Waals surface area (Å²) in [5.41, 5.74) is 4.44. The number of aromatic carboxylic acids is 1. The van der Waals surface area contributed by atoms with Crippen molar-refractivity contribution in [3.8, 4) is 0 Å². The van der Waals surface area contributed by atoms with Crippen molar-refractivity contribution in [1.82, 2.24) is 0 Å². The van der Waals surface area contributed by atoms with E-state index in [-0.39, 0.29) is 16.1 Å². The van der Waals surface area contributed by atoms with Crippen LogP contribution in [-0.4, -0.2) is 43.3 Å². The second-order valence-corrected chi connectivity index (χ2v) is 11.1. The first-order valence-corrected chi connectivity index (χ1v) is 14.1. The molecular weight excluding hydrogens is 561 g/mol. The second-order valence-electron chi connectivity index (χ2n) is 9.41. The minimum Gasteiger partial charge on any atom is -0.478 e. The molecule has 41 heavy (non-hydrogen) atoms. The van der Waals surface area contributed by atoms with E-state index in [4.69, 9.17) is 9.90 Å². The number of carboxylic acids is 2. The van der Waals surface area contributed by atoms with Gasteiger partial charge in [-0.05, 0) is 73.7 Å². The average molecular weight is 595 g/mol. The Hall–Kier alpha value is -4.06. The summed E-state index contributed by atoms with van der Waals surface area (Å²) in [6.45, 7) is 8.90. The van der Waals surface area contributed by atoms with E-state index in [2.05, 4.69) is 11.6 Å². The molecule has 0 radical (unpaired) electrons. The number of halogens is 3. The molecule has 3 aromatic carbocycles. The summed E-state index contributed by atoms with van der Waals surface area (Å²) in [7, 11) is -3.88. The molecule has 0 aliphatic heterocycles. The molecule has 12 heteroatoms. The van der Waals surface area contributed by atoms with Gasteiger partial charge < -0.3 is 15.1 Å². The molecule has 3 rings (SSSR count). The lowest BCUT2D eigenvalue weighted by molar-refractivity contribution is -0.192. The molecule has 3 N–H and O–H groups in total. The largest absolute Gasteiger partial charge is 0.490 e. The summed E-state index contributed by atoms with van der Waals surface area (Å²) in [5.74, 6) is -3.86. The summed E-state index contributed by atoms with van der Waals surface area (Å²) in [4.78, 5) is 23.3. The van der Waals surface area contributed by atoms with Gasteiger partial charge in [0.1, 0.15) is 0 Å². The normalized spacial score (nSPS) is 11.3. The number of aryl methyl sites for hydroxylation is 3. The lowest BCUT2D eigenvalue weighted by Crippen LogP contribution is -2.26. The molecule has 222 valence electrons. The third kappa shape index (κ3) is 9.52. The molecule has 3 aromatic rings. The molecule has 0 unspecified atom stereocenters. The fourth-order valence-electron chi connectivity index (χ4n) is 3.92. The van der Waals surface area contributed by atoms with Crippen molar-refractivity contribution >= 4 is 33.3 Å². The smallest absolute Gasteiger partial charge is 0.478 e. The van der Waals surface area contributed by atoms with E-state index < -0.39 is 28.1 Å². The molecule has 0 amide bonds. The number of alkyl halides is 3. The van der Waals surface area contributed by atoms with Crippen LogP contribution >= 0.6 is 0 Å². The minimum absolute atomic E-state index is 0.0593. The van der Waals surface area contributed by atoms with Gasteiger partial charge in [0.05, 0.1) is 16.1 Å². The molecule has 0 aliphatic rings. The van der Waals surface area contributed by atoms with Crippen molar-refractivity contribution in [3.05, 3.63) is 88.5 Å². The van der Waals surface area contributed by atoms with Gasteiger partial charge in [-0.3, -0.25) is 4.72 Å². The molecule has 0 heterocycles. The van der Waals surface area contributed by atoms with Gasteiger partial charge in [-0.15, -0.1) is 0 Å². The van der Waals surface area contributed by atoms with Crippen LogP contribution in [0.1, 0.15) is 52.4 Å². The van der Waals surface area contributed by atoms with Crippen molar-refractivity contribution in [3.63, 3.8) is 0 Å². The second kappa shape index (κ2) is 14.0. The highest BCUT2D eigenvalue weighted by molar-refractivity contribution is 7.92. The van der Waals surface area contributed by atoms with Crippen LogP contribution < -0.4 is 9.62 Å². The zero-order valence-electron chi connectivity index (χ0n) is 23.1. The Bertz CT molecular complexity index is 1480. The van der Waals surface area contributed by atoms with Crippen LogP contribution in [-0.2, 0) is 21.4 Å². The van der Waals surface area contributed by atoms with E-state index in [0.717, 1.165) is 29.5 Å². The maximum atomic E-state index is 13.1. The zero-order valence-corrected chi connectivity index (χ0v) is 23.9. The van der Waals surface area contributed by atoms with Crippen LogP contribution in [0.5, 0.6) is 0 Å². The van der Waals surface area contributed by atoms with Gasteiger partial charge in [-0.1, -0.05) is 49.7 Å². The highest BCUT2D eigenvalue weighted by atomic mass is 32.2. The van der Waals surface area contributed by atoms with E-state index >= 15 is 0 Å². The van der Waals surface area contributed by atoms with Crippen LogP contribution in [0.15, 0.2) is 65.6 Å². The van der Waals surface area contributed by atoms with Crippen LogP contribution in [0.4, 0.5) is 24.5 Å². The fraction of sp³-hybridized carbons (Fsp3) is 0.310. The Morgan fingerprint density at radius 3 is 2.02 bits per heavy atom. The van der Waals surface area contributed by atoms with Crippen LogP contribution in [0, 0.1) is 20.8 Å². The number of benzene rings is 3. The standard InChI is InChI=1S/C27H32N2O4S.C2HF3O2/c1-5-6-14-29(18-22-10-8-7-9-11-22)25-13-12-23(17-24(25)27(30)31)28-34(32,33)26-16-20(3)19(2)15-21(26)4;3-2(4,5)1(6)7/h7-13,15-17,28H,5-6,14,18H2,1-4H3,(H,30,31);(H,6,7). The van der Waals surface area contributed by atoms with Crippen molar-refractivity contribution in [2.45, 2.75) is 58.2 Å². The van der Waals surface area contributed by atoms with Crippen LogP contribution in [0.2, 0.25) is 0 Å². The van der Waals surface area contributed by atoms with Crippen LogP contribution in [0.25, 0.3) is 0 Å². The SMILES string of the molecule is CCCCN(Cc1ccccc1)c1ccc(NS(=O)(=O)c2cc(C)c(C)cc2C)cc1C(=O)O.O=C(O)C(F)(F)F. The molecule has 0 atom stereocenters. The molecule has 0 aliphatic carbocycles. The maximum Gasteiger partial charge on any atom is 0.490 e. The third-order valence-electron chi connectivity index (χ3n) is 6.14. The van der Waals surface area contributed by atoms with E-state index in [9.17, 15) is 31.5 Å². The number of hydrogen-bond donors (Lipinski definition) is 3. The number of carbonyl (C=O) groups is 2. The summed E-state index contributed by atoms with van der Waals surface area (Å²) < 4.78 is 60.5. The Morgan fingerprint density at radius 2 is 1.49 bits per heavy atom. The zero-order chi connectivity index (χ0) is 31.0. The van der Waals surface area contributed by atoms with Gasteiger partial charge in [0.15, 0.2) is 0 Å². The van der Waals surface area contributed by atoms with Gasteiger partial charge in [-0.25, -0.2) is 18.0 Å². The number of anilines is 2. The highest BCUT2D eigenvalue weighted by Gasteiger charge is 2.38. The predicted molar refractivity (Wildman–Crippen MR) is 151 cm³/mol. The molecule has 0 saturated heterocycles. The average Bonchev–Trinajstić information content (AvgIpc) is 2.88. The number of aliphatic carboxylic acids is 1. The summed E-state index contributed by atoms with van der Waals surface area (Å²) in [6.07, 6.45) is -3.20. The van der Waals surface area contributed by atoms with E-state index in [0.29, 0.717) is 24.3 Å². The number of sulfonamides is 1. The van der Waals surface area contributed by atoms with Crippen molar-refractivity contribution in [2.75, 3.05) is 16.2 Å². The predicted octanol–water partition coefficient (Wildman–Crippen LogP) is 6.55. The molecule has 8 nitrogen and oxygen atoms in total. The fourth-order valence-corrected chi connectivity index (χ4v) is 5.28. The molecular formula is C29H33F3N2O6S. The molecule has 0 spiro atoms. The molecule has 0 bridgehead atoms. The highest BCUT2D eigenvalue weighted by Crippen LogP contribution is 2.29. The number of nitrogens with zero attached hydrogens (tertiary/aromatic N) is 1. The number of hydrogen-bond acceptors (Lipinski definition) is 5.